The number of thiophene rings is 1. The zero-order valence-corrected chi connectivity index (χ0v) is 13.7. The highest BCUT2D eigenvalue weighted by Crippen LogP contribution is 2.16. The summed E-state index contributed by atoms with van der Waals surface area (Å²) in [6.07, 6.45) is 0. The molecule has 0 aliphatic rings. The Balaban J connectivity index is 1.82. The molecular weight excluding hydrogens is 298 g/mol. The minimum atomic E-state index is -0.462. The molecule has 1 amide bonds. The number of carbonyl (C=O) groups excluding carboxylic acids is 2. The molecule has 2 rings (SSSR count). The topological polar surface area (TPSA) is 55.4 Å². The molecule has 5 heteroatoms. The van der Waals surface area contributed by atoms with Gasteiger partial charge in [0.25, 0.3) is 5.91 Å². The van der Waals surface area contributed by atoms with E-state index in [2.05, 4.69) is 5.32 Å². The van der Waals surface area contributed by atoms with Crippen molar-refractivity contribution >= 4 is 23.2 Å². The van der Waals surface area contributed by atoms with Crippen LogP contribution >= 0.6 is 11.3 Å². The number of aryl methyl sites for hydroxylation is 2. The van der Waals surface area contributed by atoms with Crippen LogP contribution in [-0.2, 0) is 9.53 Å². The monoisotopic (exact) mass is 317 g/mol. The third-order valence-corrected chi connectivity index (χ3v) is 4.21. The second-order valence-corrected chi connectivity index (χ2v) is 6.47. The minimum absolute atomic E-state index is 0.129. The van der Waals surface area contributed by atoms with Gasteiger partial charge in [0.2, 0.25) is 0 Å². The molecule has 2 aromatic rings. The zero-order valence-electron chi connectivity index (χ0n) is 12.9. The SMILES string of the molecule is Cc1ccc([C@H](C)NC(=O)COC(=O)c2ccc(C)s2)cc1. The molecule has 0 saturated heterocycles. The average molecular weight is 317 g/mol. The van der Waals surface area contributed by atoms with Gasteiger partial charge in [-0.1, -0.05) is 29.8 Å². The standard InChI is InChI=1S/C17H19NO3S/c1-11-4-7-14(8-5-11)13(3)18-16(19)10-21-17(20)15-9-6-12(2)22-15/h4-9,13H,10H2,1-3H3,(H,18,19)/t13-/m0/s1. The van der Waals surface area contributed by atoms with Gasteiger partial charge in [-0.15, -0.1) is 11.3 Å². The summed E-state index contributed by atoms with van der Waals surface area (Å²) >= 11 is 1.35. The lowest BCUT2D eigenvalue weighted by molar-refractivity contribution is -0.124. The van der Waals surface area contributed by atoms with Crippen LogP contribution in [0.3, 0.4) is 0 Å². The summed E-state index contributed by atoms with van der Waals surface area (Å²) in [4.78, 5) is 25.2. The maximum absolute atomic E-state index is 11.8. The predicted octanol–water partition coefficient (Wildman–Crippen LogP) is 3.40. The minimum Gasteiger partial charge on any atom is -0.451 e. The lowest BCUT2D eigenvalue weighted by Gasteiger charge is -2.14. The molecular formula is C17H19NO3S. The molecule has 0 fully saturated rings. The number of rotatable bonds is 5. The fourth-order valence-corrected chi connectivity index (χ4v) is 2.73. The Morgan fingerprint density at radius 3 is 2.41 bits per heavy atom. The van der Waals surface area contributed by atoms with E-state index in [1.54, 1.807) is 6.07 Å². The van der Waals surface area contributed by atoms with Crippen molar-refractivity contribution in [2.75, 3.05) is 6.61 Å². The Hall–Kier alpha value is -2.14. The predicted molar refractivity (Wildman–Crippen MR) is 87.1 cm³/mol. The maximum Gasteiger partial charge on any atom is 0.348 e. The molecule has 0 aliphatic heterocycles. The summed E-state index contributed by atoms with van der Waals surface area (Å²) in [6.45, 7) is 5.55. The summed E-state index contributed by atoms with van der Waals surface area (Å²) in [6, 6.07) is 11.4. The molecule has 4 nitrogen and oxygen atoms in total. The highest BCUT2D eigenvalue weighted by Gasteiger charge is 2.14. The Bertz CT molecular complexity index is 661. The summed E-state index contributed by atoms with van der Waals surface area (Å²) in [5, 5.41) is 2.81. The number of ether oxygens (including phenoxy) is 1. The molecule has 1 aromatic carbocycles. The van der Waals surface area contributed by atoms with E-state index in [0.717, 1.165) is 10.4 Å². The van der Waals surface area contributed by atoms with Crippen LogP contribution in [0, 0.1) is 13.8 Å². The van der Waals surface area contributed by atoms with Crippen molar-refractivity contribution in [2.45, 2.75) is 26.8 Å². The van der Waals surface area contributed by atoms with Gasteiger partial charge in [-0.2, -0.15) is 0 Å². The molecule has 0 spiro atoms. The molecule has 0 unspecified atom stereocenters. The quantitative estimate of drug-likeness (QED) is 0.860. The fourth-order valence-electron chi connectivity index (χ4n) is 1.97. The first-order valence-corrected chi connectivity index (χ1v) is 7.87. The first-order chi connectivity index (χ1) is 10.5. The van der Waals surface area contributed by atoms with Gasteiger partial charge in [0, 0.05) is 4.88 Å². The van der Waals surface area contributed by atoms with Gasteiger partial charge in [0.05, 0.1) is 6.04 Å². The van der Waals surface area contributed by atoms with Crippen molar-refractivity contribution in [3.05, 3.63) is 57.3 Å². The molecule has 0 bridgehead atoms. The first-order valence-electron chi connectivity index (χ1n) is 7.05. The molecule has 0 saturated carbocycles. The number of hydrogen-bond donors (Lipinski definition) is 1. The van der Waals surface area contributed by atoms with E-state index >= 15 is 0 Å². The second kappa shape index (κ2) is 7.22. The number of hydrogen-bond acceptors (Lipinski definition) is 4. The molecule has 0 radical (unpaired) electrons. The van der Waals surface area contributed by atoms with Crippen molar-refractivity contribution in [2.24, 2.45) is 0 Å². The lowest BCUT2D eigenvalue weighted by atomic mass is 10.1. The smallest absolute Gasteiger partial charge is 0.348 e. The van der Waals surface area contributed by atoms with Gasteiger partial charge < -0.3 is 10.1 Å². The normalized spacial score (nSPS) is 11.8. The van der Waals surface area contributed by atoms with Crippen LogP contribution in [0.25, 0.3) is 0 Å². The van der Waals surface area contributed by atoms with Crippen molar-refractivity contribution in [3.8, 4) is 0 Å². The molecule has 1 heterocycles. The van der Waals surface area contributed by atoms with E-state index in [1.807, 2.05) is 51.1 Å². The van der Waals surface area contributed by atoms with Crippen molar-refractivity contribution in [1.29, 1.82) is 0 Å². The Labute approximate surface area is 134 Å². The highest BCUT2D eigenvalue weighted by molar-refractivity contribution is 7.13. The van der Waals surface area contributed by atoms with Gasteiger partial charge in [-0.3, -0.25) is 4.79 Å². The number of benzene rings is 1. The lowest BCUT2D eigenvalue weighted by Crippen LogP contribution is -2.31. The summed E-state index contributed by atoms with van der Waals surface area (Å²) < 4.78 is 5.02. The van der Waals surface area contributed by atoms with E-state index in [1.165, 1.54) is 16.9 Å². The highest BCUT2D eigenvalue weighted by atomic mass is 32.1. The molecule has 1 N–H and O–H groups in total. The van der Waals surface area contributed by atoms with Crippen molar-refractivity contribution in [1.82, 2.24) is 5.32 Å². The maximum atomic E-state index is 11.8. The molecule has 22 heavy (non-hydrogen) atoms. The van der Waals surface area contributed by atoms with Gasteiger partial charge in [-0.25, -0.2) is 4.79 Å². The molecule has 0 aliphatic carbocycles. The van der Waals surface area contributed by atoms with E-state index in [4.69, 9.17) is 4.74 Å². The van der Waals surface area contributed by atoms with Gasteiger partial charge in [0.15, 0.2) is 6.61 Å². The van der Waals surface area contributed by atoms with Gasteiger partial charge in [-0.05, 0) is 38.5 Å². The third-order valence-electron chi connectivity index (χ3n) is 3.23. The number of nitrogens with one attached hydrogen (secondary N) is 1. The zero-order chi connectivity index (χ0) is 16.1. The van der Waals surface area contributed by atoms with Gasteiger partial charge in [0.1, 0.15) is 4.88 Å². The van der Waals surface area contributed by atoms with E-state index < -0.39 is 5.97 Å². The Morgan fingerprint density at radius 2 is 1.82 bits per heavy atom. The average Bonchev–Trinajstić information content (AvgIpc) is 2.92. The van der Waals surface area contributed by atoms with Crippen LogP contribution < -0.4 is 5.32 Å². The molecule has 1 aromatic heterocycles. The van der Waals surface area contributed by atoms with E-state index in [0.29, 0.717) is 4.88 Å². The first kappa shape index (κ1) is 16.2. The Morgan fingerprint density at radius 1 is 1.14 bits per heavy atom. The second-order valence-electron chi connectivity index (χ2n) is 5.19. The largest absolute Gasteiger partial charge is 0.451 e. The fraction of sp³-hybridized carbons (Fsp3) is 0.294. The van der Waals surface area contributed by atoms with E-state index in [9.17, 15) is 9.59 Å². The van der Waals surface area contributed by atoms with E-state index in [-0.39, 0.29) is 18.6 Å². The van der Waals surface area contributed by atoms with Crippen LogP contribution in [0.2, 0.25) is 0 Å². The van der Waals surface area contributed by atoms with Crippen LogP contribution in [0.15, 0.2) is 36.4 Å². The number of carbonyl (C=O) groups is 2. The molecule has 1 atom stereocenters. The summed E-state index contributed by atoms with van der Waals surface area (Å²) in [7, 11) is 0. The van der Waals surface area contributed by atoms with Crippen LogP contribution in [-0.4, -0.2) is 18.5 Å². The Kier molecular flexibility index (Phi) is 5.33. The molecule has 116 valence electrons. The number of esters is 1. The summed E-state index contributed by atoms with van der Waals surface area (Å²) in [5.74, 6) is -0.772. The summed E-state index contributed by atoms with van der Waals surface area (Å²) in [5.41, 5.74) is 2.18. The van der Waals surface area contributed by atoms with Crippen LogP contribution in [0.4, 0.5) is 0 Å². The van der Waals surface area contributed by atoms with Crippen molar-refractivity contribution < 1.29 is 14.3 Å². The van der Waals surface area contributed by atoms with Crippen LogP contribution in [0.5, 0.6) is 0 Å². The van der Waals surface area contributed by atoms with Crippen LogP contribution in [0.1, 0.15) is 38.6 Å². The van der Waals surface area contributed by atoms with Crippen molar-refractivity contribution in [3.63, 3.8) is 0 Å². The van der Waals surface area contributed by atoms with Gasteiger partial charge >= 0.3 is 5.97 Å². The third kappa shape index (κ3) is 4.43. The number of amides is 1.